The number of halogens is 3. The van der Waals surface area contributed by atoms with Gasteiger partial charge in [0.15, 0.2) is 23.0 Å². The normalized spacial score (nSPS) is 9.89. The van der Waals surface area contributed by atoms with Gasteiger partial charge in [0, 0.05) is 32.2 Å². The zero-order valence-electron chi connectivity index (χ0n) is 19.9. The molecule has 4 rings (SSSR count). The van der Waals surface area contributed by atoms with Crippen molar-refractivity contribution in [2.24, 2.45) is 0 Å². The van der Waals surface area contributed by atoms with Gasteiger partial charge in [-0.2, -0.15) is 18.7 Å². The van der Waals surface area contributed by atoms with E-state index in [0.717, 1.165) is 18.2 Å². The van der Waals surface area contributed by atoms with Crippen molar-refractivity contribution < 1.29 is 38.3 Å². The summed E-state index contributed by atoms with van der Waals surface area (Å²) in [5, 5.41) is 26.4. The van der Waals surface area contributed by atoms with Crippen molar-refractivity contribution in [3.63, 3.8) is 0 Å². The Morgan fingerprint density at radius 1 is 0.730 bits per heavy atom. The molecule has 2 aromatic heterocycles. The van der Waals surface area contributed by atoms with Gasteiger partial charge in [-0.15, -0.1) is 11.6 Å². The first-order valence-electron chi connectivity index (χ1n) is 10.6. The first-order valence-corrected chi connectivity index (χ1v) is 11.2. The number of methoxy groups -OCH3 is 1. The minimum absolute atomic E-state index is 0.0457. The van der Waals surface area contributed by atoms with Gasteiger partial charge in [0.1, 0.15) is 0 Å². The molecule has 8 nitrogen and oxygen atoms in total. The molecule has 2 heterocycles. The number of aromatic hydroxyl groups is 2. The third kappa shape index (κ3) is 9.53. The number of aliphatic hydroxyl groups is 1. The van der Waals surface area contributed by atoms with Crippen LogP contribution in [-0.4, -0.2) is 39.5 Å². The van der Waals surface area contributed by atoms with E-state index in [4.69, 9.17) is 30.9 Å². The Labute approximate surface area is 217 Å². The fourth-order valence-corrected chi connectivity index (χ4v) is 2.92. The monoisotopic (exact) mass is 534 g/mol. The first kappa shape index (κ1) is 29.2. The van der Waals surface area contributed by atoms with Gasteiger partial charge in [-0.3, -0.25) is 0 Å². The van der Waals surface area contributed by atoms with Crippen LogP contribution in [0.15, 0.2) is 72.8 Å². The molecule has 37 heavy (non-hydrogen) atoms. The van der Waals surface area contributed by atoms with E-state index in [1.807, 2.05) is 0 Å². The summed E-state index contributed by atoms with van der Waals surface area (Å²) >= 11 is 5.62. The molecule has 0 unspecified atom stereocenters. The van der Waals surface area contributed by atoms with Gasteiger partial charge >= 0.3 is 0 Å². The quantitative estimate of drug-likeness (QED) is 0.197. The summed E-state index contributed by atoms with van der Waals surface area (Å²) in [6, 6.07) is 18.0. The maximum Gasteiger partial charge on any atom is 0.222 e. The minimum Gasteiger partial charge on any atom is -0.504 e. The zero-order valence-corrected chi connectivity index (χ0v) is 20.7. The number of pyridine rings is 2. The maximum atomic E-state index is 12.9. The van der Waals surface area contributed by atoms with Crippen LogP contribution < -0.4 is 9.47 Å². The highest BCUT2D eigenvalue weighted by Gasteiger charge is 2.08. The molecule has 11 heteroatoms. The van der Waals surface area contributed by atoms with E-state index < -0.39 is 11.9 Å². The van der Waals surface area contributed by atoms with Crippen LogP contribution in [0.1, 0.15) is 11.1 Å². The molecule has 0 amide bonds. The Hall–Kier alpha value is -3.99. The van der Waals surface area contributed by atoms with Crippen molar-refractivity contribution in [3.8, 4) is 34.8 Å². The van der Waals surface area contributed by atoms with E-state index in [9.17, 15) is 19.0 Å². The van der Waals surface area contributed by atoms with E-state index in [0.29, 0.717) is 12.5 Å². The highest BCUT2D eigenvalue weighted by atomic mass is 35.5. The smallest absolute Gasteiger partial charge is 0.222 e. The molecule has 0 atom stereocenters. The number of phenolic OH excluding ortho intramolecular Hbond substituents is 2. The highest BCUT2D eigenvalue weighted by molar-refractivity contribution is 6.17. The lowest BCUT2D eigenvalue weighted by Crippen LogP contribution is -1.92. The Bertz CT molecular complexity index is 1280. The van der Waals surface area contributed by atoms with Crippen molar-refractivity contribution in [1.29, 1.82) is 0 Å². The van der Waals surface area contributed by atoms with Crippen molar-refractivity contribution in [3.05, 3.63) is 95.8 Å². The summed E-state index contributed by atoms with van der Waals surface area (Å²) < 4.78 is 41.2. The molecule has 0 spiro atoms. The Morgan fingerprint density at radius 3 is 1.59 bits per heavy atom. The van der Waals surface area contributed by atoms with Gasteiger partial charge in [0.2, 0.25) is 23.7 Å². The van der Waals surface area contributed by atoms with Gasteiger partial charge in [-0.05, 0) is 47.5 Å². The second-order valence-corrected chi connectivity index (χ2v) is 7.24. The summed E-state index contributed by atoms with van der Waals surface area (Å²) in [6.07, 6.45) is 0. The van der Waals surface area contributed by atoms with Gasteiger partial charge in [0.25, 0.3) is 0 Å². The second kappa shape index (κ2) is 15.2. The molecule has 0 saturated heterocycles. The van der Waals surface area contributed by atoms with Crippen LogP contribution in [0.4, 0.5) is 8.78 Å². The number of alkyl halides is 1. The van der Waals surface area contributed by atoms with Crippen LogP contribution in [0, 0.1) is 11.9 Å². The summed E-state index contributed by atoms with van der Waals surface area (Å²) in [4.78, 5) is 7.07. The summed E-state index contributed by atoms with van der Waals surface area (Å²) in [5.41, 5.74) is 1.58. The molecule has 0 radical (unpaired) electrons. The number of aromatic nitrogens is 2. The summed E-state index contributed by atoms with van der Waals surface area (Å²) in [6.45, 7) is 0.395. The molecular weight excluding hydrogens is 510 g/mol. The van der Waals surface area contributed by atoms with Crippen LogP contribution >= 0.6 is 11.6 Å². The molecule has 0 bridgehead atoms. The Morgan fingerprint density at radius 2 is 1.19 bits per heavy atom. The summed E-state index contributed by atoms with van der Waals surface area (Å²) in [7, 11) is 2.57. The number of aliphatic hydroxyl groups excluding tert-OH is 1. The van der Waals surface area contributed by atoms with Crippen molar-refractivity contribution in [2.45, 2.75) is 12.5 Å². The van der Waals surface area contributed by atoms with E-state index in [-0.39, 0.29) is 34.8 Å². The van der Waals surface area contributed by atoms with E-state index in [1.165, 1.54) is 48.5 Å². The molecular formula is C26H25ClF2N2O6. The zero-order chi connectivity index (χ0) is 27.2. The van der Waals surface area contributed by atoms with E-state index in [2.05, 4.69) is 9.97 Å². The SMILES string of the molecule is CO.COCc1ccc(Oc2cccc(F)n2)c(O)c1.Oc1cc(CCl)ccc1Oc1cccc(F)n1. The Balaban J connectivity index is 0.000000244. The lowest BCUT2D eigenvalue weighted by Gasteiger charge is -2.08. The molecule has 2 aromatic carbocycles. The van der Waals surface area contributed by atoms with E-state index in [1.54, 1.807) is 31.4 Å². The van der Waals surface area contributed by atoms with Crippen LogP contribution in [0.2, 0.25) is 0 Å². The number of phenols is 2. The Kier molecular flexibility index (Phi) is 12.0. The largest absolute Gasteiger partial charge is 0.504 e. The fourth-order valence-electron chi connectivity index (χ4n) is 2.76. The van der Waals surface area contributed by atoms with Gasteiger partial charge in [0.05, 0.1) is 6.61 Å². The number of ether oxygens (including phenoxy) is 3. The van der Waals surface area contributed by atoms with Gasteiger partial charge in [-0.1, -0.05) is 24.3 Å². The molecule has 4 aromatic rings. The van der Waals surface area contributed by atoms with Crippen LogP contribution in [-0.2, 0) is 17.2 Å². The lowest BCUT2D eigenvalue weighted by atomic mass is 10.2. The van der Waals surface area contributed by atoms with E-state index >= 15 is 0 Å². The van der Waals surface area contributed by atoms with Crippen molar-refractivity contribution in [2.75, 3.05) is 14.2 Å². The molecule has 0 aliphatic carbocycles. The predicted octanol–water partition coefficient (Wildman–Crippen LogP) is 5.93. The molecule has 196 valence electrons. The number of hydrogen-bond acceptors (Lipinski definition) is 8. The number of hydrogen-bond donors (Lipinski definition) is 3. The maximum absolute atomic E-state index is 12.9. The molecule has 0 aliphatic heterocycles. The third-order valence-electron chi connectivity index (χ3n) is 4.32. The number of benzene rings is 2. The van der Waals surface area contributed by atoms with Crippen LogP contribution in [0.5, 0.6) is 34.8 Å². The van der Waals surface area contributed by atoms with Crippen LogP contribution in [0.3, 0.4) is 0 Å². The standard InChI is InChI=1S/C13H12FNO3.C12H9ClFNO2.CH4O/c1-17-8-9-5-6-11(10(16)7-9)18-13-4-2-3-12(14)15-13;13-7-8-4-5-10(9(16)6-8)17-12-3-1-2-11(14)15-12;1-2/h2-7,16H,8H2,1H3;1-6,16H,7H2;2H,1H3. The topological polar surface area (TPSA) is 114 Å². The summed E-state index contributed by atoms with van der Waals surface area (Å²) in [5.74, 6) is -0.493. The van der Waals surface area contributed by atoms with Gasteiger partial charge < -0.3 is 29.5 Å². The molecule has 0 saturated carbocycles. The average molecular weight is 535 g/mol. The first-order chi connectivity index (χ1) is 17.9. The number of rotatable bonds is 7. The number of nitrogens with zero attached hydrogens (tertiary/aromatic N) is 2. The molecule has 3 N–H and O–H groups in total. The van der Waals surface area contributed by atoms with Crippen molar-refractivity contribution in [1.82, 2.24) is 9.97 Å². The second-order valence-electron chi connectivity index (χ2n) is 6.97. The average Bonchev–Trinajstić information content (AvgIpc) is 2.89. The van der Waals surface area contributed by atoms with Gasteiger partial charge in [-0.25, -0.2) is 0 Å². The van der Waals surface area contributed by atoms with Crippen LogP contribution in [0.25, 0.3) is 0 Å². The minimum atomic E-state index is -0.639. The molecule has 0 aliphatic rings. The van der Waals surface area contributed by atoms with Crippen molar-refractivity contribution >= 4 is 11.6 Å². The lowest BCUT2D eigenvalue weighted by molar-refractivity contribution is 0.184. The highest BCUT2D eigenvalue weighted by Crippen LogP contribution is 2.32. The molecule has 0 fully saturated rings. The predicted molar refractivity (Wildman–Crippen MR) is 133 cm³/mol. The third-order valence-corrected chi connectivity index (χ3v) is 4.63. The fraction of sp³-hybridized carbons (Fsp3) is 0.154.